The first-order valence-electron chi connectivity index (χ1n) is 6.19. The molecule has 6 heteroatoms. The number of hydrogen-bond donors (Lipinski definition) is 2. The summed E-state index contributed by atoms with van der Waals surface area (Å²) in [5.41, 5.74) is 9.85. The van der Waals surface area contributed by atoms with E-state index < -0.39 is 0 Å². The fourth-order valence-corrected chi connectivity index (χ4v) is 1.98. The molecule has 0 aliphatic heterocycles. The molecule has 0 heterocycles. The van der Waals surface area contributed by atoms with Gasteiger partial charge in [0, 0.05) is 3.57 Å². The second-order valence-corrected chi connectivity index (χ2v) is 5.90. The van der Waals surface area contributed by atoms with Crippen molar-refractivity contribution in [1.82, 2.24) is 5.43 Å². The van der Waals surface area contributed by atoms with Gasteiger partial charge in [-0.15, -0.1) is 0 Å². The summed E-state index contributed by atoms with van der Waals surface area (Å²) in [7, 11) is 0. The highest BCUT2D eigenvalue weighted by molar-refractivity contribution is 14.1. The molecule has 0 fully saturated rings. The molecule has 0 saturated carbocycles. The van der Waals surface area contributed by atoms with Crippen LogP contribution in [0.25, 0.3) is 0 Å². The van der Waals surface area contributed by atoms with Crippen molar-refractivity contribution in [2.75, 3.05) is 0 Å². The Balaban J connectivity index is 1.88. The molecule has 2 aromatic rings. The van der Waals surface area contributed by atoms with Crippen LogP contribution in [-0.2, 0) is 6.61 Å². The van der Waals surface area contributed by atoms with E-state index in [1.54, 1.807) is 6.21 Å². The van der Waals surface area contributed by atoms with Gasteiger partial charge in [-0.25, -0.2) is 0 Å². The number of hydrogen-bond acceptors (Lipinski definition) is 3. The van der Waals surface area contributed by atoms with Crippen molar-refractivity contribution in [2.24, 2.45) is 10.8 Å². The first-order chi connectivity index (χ1) is 10.1. The SMILES string of the molecule is NC(=S)N/N=C\c1ccc(OCc2ccc(I)cc2)cc1. The third-order valence-corrected chi connectivity index (χ3v) is 3.40. The van der Waals surface area contributed by atoms with Crippen molar-refractivity contribution in [1.29, 1.82) is 0 Å². The van der Waals surface area contributed by atoms with Gasteiger partial charge in [0.05, 0.1) is 6.21 Å². The maximum Gasteiger partial charge on any atom is 0.184 e. The smallest absolute Gasteiger partial charge is 0.184 e. The van der Waals surface area contributed by atoms with E-state index in [-0.39, 0.29) is 5.11 Å². The summed E-state index contributed by atoms with van der Waals surface area (Å²) in [5.74, 6) is 0.813. The summed E-state index contributed by atoms with van der Waals surface area (Å²) < 4.78 is 6.94. The fraction of sp³-hybridized carbons (Fsp3) is 0.0667. The Morgan fingerprint density at radius 1 is 1.19 bits per heavy atom. The van der Waals surface area contributed by atoms with E-state index in [1.807, 2.05) is 24.3 Å². The molecule has 0 unspecified atom stereocenters. The molecule has 0 saturated heterocycles. The van der Waals surface area contributed by atoms with E-state index in [4.69, 9.17) is 10.5 Å². The van der Waals surface area contributed by atoms with Crippen molar-refractivity contribution < 1.29 is 4.74 Å². The highest BCUT2D eigenvalue weighted by Crippen LogP contribution is 2.14. The first-order valence-corrected chi connectivity index (χ1v) is 7.68. The van der Waals surface area contributed by atoms with E-state index in [1.165, 1.54) is 3.57 Å². The lowest BCUT2D eigenvalue weighted by Crippen LogP contribution is -2.23. The lowest BCUT2D eigenvalue weighted by atomic mass is 10.2. The Kier molecular flexibility index (Phi) is 5.94. The maximum absolute atomic E-state index is 5.73. The van der Waals surface area contributed by atoms with Crippen molar-refractivity contribution in [3.8, 4) is 5.75 Å². The molecule has 2 rings (SSSR count). The molecule has 0 aromatic heterocycles. The zero-order chi connectivity index (χ0) is 15.1. The van der Waals surface area contributed by atoms with Crippen LogP contribution in [0.5, 0.6) is 5.75 Å². The molecule has 0 radical (unpaired) electrons. The van der Waals surface area contributed by atoms with Crippen LogP contribution in [-0.4, -0.2) is 11.3 Å². The van der Waals surface area contributed by atoms with Gasteiger partial charge in [0.25, 0.3) is 0 Å². The topological polar surface area (TPSA) is 59.6 Å². The number of halogens is 1. The summed E-state index contributed by atoms with van der Waals surface area (Å²) >= 11 is 6.93. The number of thiocarbonyl (C=S) groups is 1. The molecule has 2 aromatic carbocycles. The predicted molar refractivity (Wildman–Crippen MR) is 97.4 cm³/mol. The Morgan fingerprint density at radius 3 is 2.48 bits per heavy atom. The highest BCUT2D eigenvalue weighted by atomic mass is 127. The lowest BCUT2D eigenvalue weighted by Gasteiger charge is -2.06. The van der Waals surface area contributed by atoms with Crippen molar-refractivity contribution in [2.45, 2.75) is 6.61 Å². The van der Waals surface area contributed by atoms with Crippen LogP contribution in [0.15, 0.2) is 53.6 Å². The van der Waals surface area contributed by atoms with E-state index in [9.17, 15) is 0 Å². The summed E-state index contributed by atoms with van der Waals surface area (Å²) in [6.07, 6.45) is 1.64. The lowest BCUT2D eigenvalue weighted by molar-refractivity contribution is 0.306. The largest absolute Gasteiger partial charge is 0.489 e. The highest BCUT2D eigenvalue weighted by Gasteiger charge is 1.97. The molecule has 4 nitrogen and oxygen atoms in total. The number of hydrazone groups is 1. The van der Waals surface area contributed by atoms with Crippen LogP contribution in [0.1, 0.15) is 11.1 Å². The number of ether oxygens (including phenoxy) is 1. The van der Waals surface area contributed by atoms with Gasteiger partial charge in [0.2, 0.25) is 0 Å². The number of rotatable bonds is 5. The average Bonchev–Trinajstić information content (AvgIpc) is 2.48. The van der Waals surface area contributed by atoms with Gasteiger partial charge in [-0.1, -0.05) is 12.1 Å². The second-order valence-electron chi connectivity index (χ2n) is 4.22. The molecular formula is C15H14IN3OS. The van der Waals surface area contributed by atoms with Gasteiger partial charge in [0.1, 0.15) is 12.4 Å². The van der Waals surface area contributed by atoms with Crippen LogP contribution >= 0.6 is 34.8 Å². The quantitative estimate of drug-likeness (QED) is 0.344. The van der Waals surface area contributed by atoms with Crippen molar-refractivity contribution in [3.05, 3.63) is 63.2 Å². The maximum atomic E-state index is 5.73. The van der Waals surface area contributed by atoms with Crippen molar-refractivity contribution in [3.63, 3.8) is 0 Å². The third kappa shape index (κ3) is 5.68. The Hall–Kier alpha value is -1.67. The monoisotopic (exact) mass is 411 g/mol. The van der Waals surface area contributed by atoms with Crippen LogP contribution < -0.4 is 15.9 Å². The second kappa shape index (κ2) is 7.94. The van der Waals surface area contributed by atoms with Gasteiger partial charge in [0.15, 0.2) is 5.11 Å². The molecule has 0 aliphatic rings. The molecular weight excluding hydrogens is 397 g/mol. The number of nitrogens with zero attached hydrogens (tertiary/aromatic N) is 1. The van der Waals surface area contributed by atoms with Crippen LogP contribution in [0.4, 0.5) is 0 Å². The Morgan fingerprint density at radius 2 is 1.86 bits per heavy atom. The minimum Gasteiger partial charge on any atom is -0.489 e. The minimum absolute atomic E-state index is 0.142. The van der Waals surface area contributed by atoms with Gasteiger partial charge >= 0.3 is 0 Å². The average molecular weight is 411 g/mol. The van der Waals surface area contributed by atoms with E-state index in [0.717, 1.165) is 16.9 Å². The van der Waals surface area contributed by atoms with Crippen LogP contribution in [0.2, 0.25) is 0 Å². The number of benzene rings is 2. The van der Waals surface area contributed by atoms with E-state index >= 15 is 0 Å². The fourth-order valence-electron chi connectivity index (χ4n) is 1.57. The number of nitrogens with one attached hydrogen (secondary N) is 1. The molecule has 0 atom stereocenters. The summed E-state index contributed by atoms with van der Waals surface area (Å²) in [6, 6.07) is 15.9. The zero-order valence-corrected chi connectivity index (χ0v) is 14.1. The van der Waals surface area contributed by atoms with Crippen molar-refractivity contribution >= 4 is 46.1 Å². The molecule has 21 heavy (non-hydrogen) atoms. The Bertz CT molecular complexity index is 626. The van der Waals surface area contributed by atoms with Gasteiger partial charge in [-0.05, 0) is 82.3 Å². The normalized spacial score (nSPS) is 10.5. The minimum atomic E-state index is 0.142. The van der Waals surface area contributed by atoms with Gasteiger partial charge < -0.3 is 10.5 Å². The molecule has 0 bridgehead atoms. The summed E-state index contributed by atoms with van der Waals surface area (Å²) in [5, 5.41) is 4.03. The molecule has 0 spiro atoms. The first kappa shape index (κ1) is 15.7. The third-order valence-electron chi connectivity index (χ3n) is 2.59. The molecule has 0 aliphatic carbocycles. The van der Waals surface area contributed by atoms with E-state index in [0.29, 0.717) is 6.61 Å². The predicted octanol–water partition coefficient (Wildman–Crippen LogP) is 3.04. The molecule has 108 valence electrons. The molecule has 0 amide bonds. The molecule has 3 N–H and O–H groups in total. The van der Waals surface area contributed by atoms with Gasteiger partial charge in [-0.2, -0.15) is 5.10 Å². The van der Waals surface area contributed by atoms with Crippen LogP contribution in [0.3, 0.4) is 0 Å². The summed E-state index contributed by atoms with van der Waals surface area (Å²) in [6.45, 7) is 0.549. The van der Waals surface area contributed by atoms with E-state index in [2.05, 4.69) is 69.6 Å². The zero-order valence-electron chi connectivity index (χ0n) is 11.1. The summed E-state index contributed by atoms with van der Waals surface area (Å²) in [4.78, 5) is 0. The Labute approximate surface area is 142 Å². The van der Waals surface area contributed by atoms with Gasteiger partial charge in [-0.3, -0.25) is 5.43 Å². The standard InChI is InChI=1S/C15H14IN3OS/c16-13-5-1-12(2-6-13)10-20-14-7-3-11(4-8-14)9-18-19-15(17)21/h1-9H,10H2,(H3,17,19,21)/b18-9-. The number of nitrogens with two attached hydrogens (primary N) is 1. The van der Waals surface area contributed by atoms with Crippen LogP contribution in [0, 0.1) is 3.57 Å².